The molecular formula is C15H12F4N2O3S. The Morgan fingerprint density at radius 2 is 1.72 bits per heavy atom. The predicted molar refractivity (Wildman–Crippen MR) is 82.0 cm³/mol. The second kappa shape index (κ2) is 7.09. The van der Waals surface area contributed by atoms with Crippen LogP contribution in [0, 0.1) is 5.82 Å². The van der Waals surface area contributed by atoms with Gasteiger partial charge in [-0.25, -0.2) is 12.8 Å². The average molecular weight is 376 g/mol. The Balaban J connectivity index is 2.22. The highest BCUT2D eigenvalue weighted by molar-refractivity contribution is 7.92. The van der Waals surface area contributed by atoms with Crippen molar-refractivity contribution in [3.8, 4) is 0 Å². The molecule has 0 aliphatic heterocycles. The van der Waals surface area contributed by atoms with E-state index in [-0.39, 0.29) is 11.3 Å². The van der Waals surface area contributed by atoms with Crippen LogP contribution < -0.4 is 10.0 Å². The number of carbonyl (C=O) groups excluding carboxylic acids is 1. The number of hydrogen-bond acceptors (Lipinski definition) is 3. The van der Waals surface area contributed by atoms with Crippen molar-refractivity contribution in [3.05, 3.63) is 59.9 Å². The Bertz CT molecular complexity index is 882. The minimum atomic E-state index is -4.59. The first kappa shape index (κ1) is 18.7. The molecule has 2 aromatic rings. The quantitative estimate of drug-likeness (QED) is 0.788. The zero-order valence-electron chi connectivity index (χ0n) is 12.5. The molecule has 0 spiro atoms. The highest BCUT2D eigenvalue weighted by Gasteiger charge is 2.28. The summed E-state index contributed by atoms with van der Waals surface area (Å²) >= 11 is 0. The number of benzene rings is 2. The molecule has 134 valence electrons. The first-order chi connectivity index (χ1) is 11.6. The fourth-order valence-corrected chi connectivity index (χ4v) is 2.95. The normalized spacial score (nSPS) is 11.8. The maximum atomic E-state index is 13.6. The second-order valence-corrected chi connectivity index (χ2v) is 6.59. The third-order valence-corrected chi connectivity index (χ3v) is 4.34. The van der Waals surface area contributed by atoms with Crippen LogP contribution in [-0.2, 0) is 10.0 Å². The zero-order chi connectivity index (χ0) is 18.7. The second-order valence-electron chi connectivity index (χ2n) is 4.91. The molecule has 25 heavy (non-hydrogen) atoms. The van der Waals surface area contributed by atoms with Crippen molar-refractivity contribution < 1.29 is 30.8 Å². The molecule has 10 heteroatoms. The van der Waals surface area contributed by atoms with E-state index < -0.39 is 39.4 Å². The van der Waals surface area contributed by atoms with Crippen LogP contribution in [0.1, 0.15) is 10.4 Å². The molecule has 0 heterocycles. The molecule has 2 N–H and O–H groups in total. The van der Waals surface area contributed by atoms with E-state index in [4.69, 9.17) is 0 Å². The fourth-order valence-electron chi connectivity index (χ4n) is 1.83. The molecule has 0 atom stereocenters. The maximum Gasteiger partial charge on any atom is 0.405 e. The van der Waals surface area contributed by atoms with Crippen molar-refractivity contribution in [2.45, 2.75) is 11.1 Å². The lowest BCUT2D eigenvalue weighted by Gasteiger charge is -2.11. The first-order valence-electron chi connectivity index (χ1n) is 6.81. The van der Waals surface area contributed by atoms with Gasteiger partial charge in [0.2, 0.25) is 0 Å². The van der Waals surface area contributed by atoms with Gasteiger partial charge >= 0.3 is 6.18 Å². The van der Waals surface area contributed by atoms with E-state index >= 15 is 0 Å². The van der Waals surface area contributed by atoms with Gasteiger partial charge in [0.15, 0.2) is 0 Å². The van der Waals surface area contributed by atoms with Crippen LogP contribution in [-0.4, -0.2) is 27.0 Å². The van der Waals surface area contributed by atoms with Crippen LogP contribution in [0.15, 0.2) is 53.4 Å². The van der Waals surface area contributed by atoms with Crippen LogP contribution in [0.25, 0.3) is 0 Å². The van der Waals surface area contributed by atoms with Gasteiger partial charge in [0.25, 0.3) is 15.9 Å². The van der Waals surface area contributed by atoms with E-state index in [9.17, 15) is 30.8 Å². The maximum absolute atomic E-state index is 13.6. The number of para-hydroxylation sites is 1. The number of rotatable bonds is 5. The summed E-state index contributed by atoms with van der Waals surface area (Å²) in [6.07, 6.45) is -4.59. The number of amides is 1. The highest BCUT2D eigenvalue weighted by Crippen LogP contribution is 2.20. The molecule has 2 rings (SSSR count). The Kier molecular flexibility index (Phi) is 5.31. The van der Waals surface area contributed by atoms with Gasteiger partial charge in [-0.3, -0.25) is 9.52 Å². The van der Waals surface area contributed by atoms with Crippen molar-refractivity contribution in [2.24, 2.45) is 0 Å². The summed E-state index contributed by atoms with van der Waals surface area (Å²) in [5.41, 5.74) is -0.574. The van der Waals surface area contributed by atoms with Crippen LogP contribution >= 0.6 is 0 Å². The van der Waals surface area contributed by atoms with E-state index in [0.717, 1.165) is 24.3 Å². The van der Waals surface area contributed by atoms with Crippen molar-refractivity contribution in [2.75, 3.05) is 11.3 Å². The van der Waals surface area contributed by atoms with Crippen molar-refractivity contribution in [1.82, 2.24) is 5.32 Å². The number of carbonyl (C=O) groups is 1. The zero-order valence-corrected chi connectivity index (χ0v) is 13.3. The Morgan fingerprint density at radius 1 is 1.04 bits per heavy atom. The van der Waals surface area contributed by atoms with Crippen LogP contribution in [0.2, 0.25) is 0 Å². The molecule has 0 unspecified atom stereocenters. The minimum Gasteiger partial charge on any atom is -0.343 e. The number of anilines is 1. The van der Waals surface area contributed by atoms with Crippen LogP contribution in [0.5, 0.6) is 0 Å². The van der Waals surface area contributed by atoms with E-state index in [2.05, 4.69) is 0 Å². The van der Waals surface area contributed by atoms with Gasteiger partial charge < -0.3 is 5.32 Å². The van der Waals surface area contributed by atoms with Gasteiger partial charge in [0.1, 0.15) is 12.4 Å². The molecule has 1 amide bonds. The highest BCUT2D eigenvalue weighted by atomic mass is 32.2. The molecule has 0 aliphatic carbocycles. The lowest BCUT2D eigenvalue weighted by Crippen LogP contribution is -2.33. The third-order valence-electron chi connectivity index (χ3n) is 2.97. The lowest BCUT2D eigenvalue weighted by atomic mass is 10.2. The van der Waals surface area contributed by atoms with Crippen molar-refractivity contribution in [3.63, 3.8) is 0 Å². The average Bonchev–Trinajstić information content (AvgIpc) is 2.54. The van der Waals surface area contributed by atoms with Gasteiger partial charge in [-0.05, 0) is 30.3 Å². The summed E-state index contributed by atoms with van der Waals surface area (Å²) in [6.45, 7) is -1.55. The SMILES string of the molecule is O=C(NCC(F)(F)F)c1cccc(S(=O)(=O)Nc2ccccc2F)c1. The van der Waals surface area contributed by atoms with E-state index in [1.807, 2.05) is 4.72 Å². The largest absolute Gasteiger partial charge is 0.405 e. The van der Waals surface area contributed by atoms with Crippen molar-refractivity contribution in [1.29, 1.82) is 0 Å². The number of nitrogens with one attached hydrogen (secondary N) is 2. The Labute approximate surface area is 140 Å². The molecule has 0 aliphatic rings. The van der Waals surface area contributed by atoms with Crippen LogP contribution in [0.4, 0.5) is 23.2 Å². The molecule has 0 bridgehead atoms. The number of hydrogen-bond donors (Lipinski definition) is 2. The molecule has 0 saturated heterocycles. The van der Waals surface area contributed by atoms with Crippen molar-refractivity contribution >= 4 is 21.6 Å². The summed E-state index contributed by atoms with van der Waals surface area (Å²) in [5, 5.41) is 1.64. The van der Waals surface area contributed by atoms with E-state index in [0.29, 0.717) is 0 Å². The minimum absolute atomic E-state index is 0.277. The molecule has 0 aromatic heterocycles. The third kappa shape index (κ3) is 5.18. The predicted octanol–water partition coefficient (Wildman–Crippen LogP) is 2.92. The van der Waals surface area contributed by atoms with E-state index in [1.165, 1.54) is 24.3 Å². The smallest absolute Gasteiger partial charge is 0.343 e. The molecular weight excluding hydrogens is 364 g/mol. The van der Waals surface area contributed by atoms with Gasteiger partial charge in [0, 0.05) is 5.56 Å². The Morgan fingerprint density at radius 3 is 2.36 bits per heavy atom. The summed E-state index contributed by atoms with van der Waals surface area (Å²) < 4.78 is 76.5. The summed E-state index contributed by atoms with van der Waals surface area (Å²) in [5.74, 6) is -1.88. The van der Waals surface area contributed by atoms with Gasteiger partial charge in [-0.1, -0.05) is 18.2 Å². The summed E-state index contributed by atoms with van der Waals surface area (Å²) in [4.78, 5) is 11.3. The number of halogens is 4. The van der Waals surface area contributed by atoms with Gasteiger partial charge in [-0.2, -0.15) is 13.2 Å². The first-order valence-corrected chi connectivity index (χ1v) is 8.29. The monoisotopic (exact) mass is 376 g/mol. The molecule has 2 aromatic carbocycles. The molecule has 5 nitrogen and oxygen atoms in total. The van der Waals surface area contributed by atoms with Gasteiger partial charge in [-0.15, -0.1) is 0 Å². The molecule has 0 fully saturated rings. The number of sulfonamides is 1. The van der Waals surface area contributed by atoms with Crippen LogP contribution in [0.3, 0.4) is 0 Å². The van der Waals surface area contributed by atoms with Gasteiger partial charge in [0.05, 0.1) is 10.6 Å². The lowest BCUT2D eigenvalue weighted by molar-refractivity contribution is -0.123. The van der Waals surface area contributed by atoms with E-state index in [1.54, 1.807) is 5.32 Å². The number of alkyl halides is 3. The topological polar surface area (TPSA) is 75.3 Å². The standard InChI is InChI=1S/C15H12F4N2O3S/c16-12-6-1-2-7-13(12)21-25(23,24)11-5-3-4-10(8-11)14(22)20-9-15(17,18)19/h1-8,21H,9H2,(H,20,22). The Hall–Kier alpha value is -2.62. The molecule has 0 saturated carbocycles. The summed E-state index contributed by atoms with van der Waals surface area (Å²) in [7, 11) is -4.23. The summed E-state index contributed by atoms with van der Waals surface area (Å²) in [6, 6.07) is 9.43. The molecule has 0 radical (unpaired) electrons. The fraction of sp³-hybridized carbons (Fsp3) is 0.133.